The number of nitrogens with one attached hydrogen (secondary N) is 1. The van der Waals surface area contributed by atoms with Crippen molar-refractivity contribution in [3.63, 3.8) is 0 Å². The van der Waals surface area contributed by atoms with Crippen LogP contribution >= 0.6 is 0 Å². The average molecular weight is 272 g/mol. The highest BCUT2D eigenvalue weighted by molar-refractivity contribution is 6.22. The summed E-state index contributed by atoms with van der Waals surface area (Å²) < 4.78 is 0. The molecule has 0 saturated carbocycles. The molecule has 0 unspecified atom stereocenters. The first-order valence-electron chi connectivity index (χ1n) is 6.84. The van der Waals surface area contributed by atoms with Crippen molar-refractivity contribution < 1.29 is 9.59 Å². The van der Waals surface area contributed by atoms with E-state index in [0.29, 0.717) is 17.1 Å². The third kappa shape index (κ3) is 2.45. The summed E-state index contributed by atoms with van der Waals surface area (Å²) in [5.74, 6) is 0.0485. The lowest BCUT2D eigenvalue weighted by Gasteiger charge is -2.21. The van der Waals surface area contributed by atoms with Crippen LogP contribution in [0.5, 0.6) is 0 Å². The van der Waals surface area contributed by atoms with Gasteiger partial charge in [0, 0.05) is 45.3 Å². The Bertz CT molecular complexity index is 516. The summed E-state index contributed by atoms with van der Waals surface area (Å²) in [6, 6.07) is 0. The predicted molar refractivity (Wildman–Crippen MR) is 74.7 cm³/mol. The highest BCUT2D eigenvalue weighted by Crippen LogP contribution is 2.33. The molecule has 0 bridgehead atoms. The second kappa shape index (κ2) is 4.97. The Balaban J connectivity index is 0.000000373. The Morgan fingerprint density at radius 2 is 1.40 bits per heavy atom. The summed E-state index contributed by atoms with van der Waals surface area (Å²) in [5.41, 5.74) is 1.89. The first kappa shape index (κ1) is 13.2. The van der Waals surface area contributed by atoms with Crippen LogP contribution in [0.4, 0.5) is 0 Å². The lowest BCUT2D eigenvalue weighted by Crippen LogP contribution is -2.29. The zero-order valence-corrected chi connectivity index (χ0v) is 11.6. The summed E-state index contributed by atoms with van der Waals surface area (Å²) in [4.78, 5) is 30.5. The molecule has 0 atom stereocenters. The SMILES string of the molecule is O=C1C=C(N2CC2)C(=O)C(N2CC2)=C1N1CC1.[B]NC. The fourth-order valence-electron chi connectivity index (χ4n) is 2.28. The van der Waals surface area contributed by atoms with Crippen LogP contribution in [0.1, 0.15) is 0 Å². The molecule has 7 heteroatoms. The van der Waals surface area contributed by atoms with E-state index in [9.17, 15) is 9.59 Å². The molecule has 4 rings (SSSR count). The van der Waals surface area contributed by atoms with Gasteiger partial charge in [0.25, 0.3) is 0 Å². The number of Topliss-reactive ketones (excluding diaryl/α,β-unsaturated/α-hetero) is 1. The van der Waals surface area contributed by atoms with Crippen LogP contribution in [-0.4, -0.2) is 80.6 Å². The number of rotatable bonds is 3. The fraction of sp³-hybridized carbons (Fsp3) is 0.538. The maximum atomic E-state index is 12.4. The molecular weight excluding hydrogens is 255 g/mol. The molecule has 1 aliphatic carbocycles. The molecule has 0 amide bonds. The molecule has 2 radical (unpaired) electrons. The molecule has 0 aromatic carbocycles. The molecular formula is C13H17BN4O2. The van der Waals surface area contributed by atoms with Crippen molar-refractivity contribution in [3.05, 3.63) is 23.2 Å². The van der Waals surface area contributed by atoms with Crippen LogP contribution < -0.4 is 5.23 Å². The van der Waals surface area contributed by atoms with Gasteiger partial charge in [-0.05, 0) is 7.05 Å². The summed E-state index contributed by atoms with van der Waals surface area (Å²) in [6.45, 7) is 5.41. The summed E-state index contributed by atoms with van der Waals surface area (Å²) in [7, 11) is 6.25. The molecule has 4 aliphatic rings. The minimum Gasteiger partial charge on any atom is -0.369 e. The van der Waals surface area contributed by atoms with Crippen LogP contribution in [0, 0.1) is 0 Å². The summed E-state index contributed by atoms with van der Waals surface area (Å²) >= 11 is 0. The van der Waals surface area contributed by atoms with E-state index < -0.39 is 0 Å². The van der Waals surface area contributed by atoms with Crippen LogP contribution in [0.15, 0.2) is 23.2 Å². The third-order valence-corrected chi connectivity index (χ3v) is 3.49. The number of hydrogen-bond acceptors (Lipinski definition) is 6. The van der Waals surface area contributed by atoms with Crippen LogP contribution in [-0.2, 0) is 9.59 Å². The molecule has 0 spiro atoms. The molecule has 3 saturated heterocycles. The van der Waals surface area contributed by atoms with E-state index in [-0.39, 0.29) is 11.6 Å². The minimum absolute atomic E-state index is 0.00546. The average Bonchev–Trinajstić information content (AvgIpc) is 3.28. The Morgan fingerprint density at radius 3 is 1.85 bits per heavy atom. The van der Waals surface area contributed by atoms with Crippen molar-refractivity contribution in [3.8, 4) is 0 Å². The van der Waals surface area contributed by atoms with Crippen molar-refractivity contribution in [2.24, 2.45) is 0 Å². The molecule has 0 aromatic heterocycles. The molecule has 6 nitrogen and oxygen atoms in total. The van der Waals surface area contributed by atoms with Gasteiger partial charge in [0.1, 0.15) is 11.4 Å². The molecule has 3 aliphatic heterocycles. The normalized spacial score (nSPS) is 23.4. The van der Waals surface area contributed by atoms with Crippen LogP contribution in [0.2, 0.25) is 0 Å². The maximum absolute atomic E-state index is 12.4. The van der Waals surface area contributed by atoms with Gasteiger partial charge >= 0.3 is 0 Å². The van der Waals surface area contributed by atoms with Gasteiger partial charge in [-0.2, -0.15) is 0 Å². The second-order valence-electron chi connectivity index (χ2n) is 5.17. The monoisotopic (exact) mass is 272 g/mol. The van der Waals surface area contributed by atoms with Crippen molar-refractivity contribution in [1.82, 2.24) is 19.9 Å². The standard InChI is InChI=1S/C12H13N3O2.CH4BN/c16-9-7-8(13-1-2-13)12(17)11(15-5-6-15)10(9)14-3-4-14;1-3-2/h7H,1-6H2;3H,1H3. The van der Waals surface area contributed by atoms with Gasteiger partial charge in [-0.15, -0.1) is 0 Å². The van der Waals surface area contributed by atoms with E-state index in [1.807, 2.05) is 14.7 Å². The first-order chi connectivity index (χ1) is 9.67. The topological polar surface area (TPSA) is 55.2 Å². The van der Waals surface area contributed by atoms with E-state index >= 15 is 0 Å². The van der Waals surface area contributed by atoms with E-state index in [2.05, 4.69) is 13.2 Å². The van der Waals surface area contributed by atoms with Gasteiger partial charge in [0.15, 0.2) is 7.98 Å². The smallest absolute Gasteiger partial charge is 0.227 e. The Morgan fingerprint density at radius 1 is 0.950 bits per heavy atom. The number of nitrogens with zero attached hydrogens (tertiary/aromatic N) is 3. The van der Waals surface area contributed by atoms with Crippen molar-refractivity contribution in [2.45, 2.75) is 0 Å². The summed E-state index contributed by atoms with van der Waals surface area (Å²) in [6.07, 6.45) is 1.52. The molecule has 1 N–H and O–H groups in total. The molecule has 3 fully saturated rings. The van der Waals surface area contributed by atoms with Gasteiger partial charge in [-0.1, -0.05) is 0 Å². The highest BCUT2D eigenvalue weighted by atomic mass is 16.1. The Hall–Kier alpha value is -1.76. The zero-order valence-electron chi connectivity index (χ0n) is 11.6. The predicted octanol–water partition coefficient (Wildman–Crippen LogP) is -1.53. The Kier molecular flexibility index (Phi) is 3.29. The molecule has 3 heterocycles. The van der Waals surface area contributed by atoms with E-state index in [0.717, 1.165) is 39.3 Å². The van der Waals surface area contributed by atoms with Gasteiger partial charge in [0.2, 0.25) is 11.6 Å². The molecule has 104 valence electrons. The molecule has 20 heavy (non-hydrogen) atoms. The lowest BCUT2D eigenvalue weighted by molar-refractivity contribution is -0.117. The highest BCUT2D eigenvalue weighted by Gasteiger charge is 2.43. The minimum atomic E-state index is 0.00546. The number of allylic oxidation sites excluding steroid dienone is 1. The van der Waals surface area contributed by atoms with Crippen LogP contribution in [0.25, 0.3) is 0 Å². The van der Waals surface area contributed by atoms with Crippen molar-refractivity contribution in [1.29, 1.82) is 0 Å². The quantitative estimate of drug-likeness (QED) is 0.382. The van der Waals surface area contributed by atoms with Crippen molar-refractivity contribution in [2.75, 3.05) is 46.3 Å². The van der Waals surface area contributed by atoms with Crippen LogP contribution in [0.3, 0.4) is 0 Å². The van der Waals surface area contributed by atoms with E-state index in [4.69, 9.17) is 0 Å². The number of hydrogen-bond donors (Lipinski definition) is 1. The number of carbonyl (C=O) groups excluding carboxylic acids is 2. The van der Waals surface area contributed by atoms with Crippen molar-refractivity contribution >= 4 is 19.5 Å². The first-order valence-corrected chi connectivity index (χ1v) is 6.84. The van der Waals surface area contributed by atoms with E-state index in [1.54, 1.807) is 7.05 Å². The third-order valence-electron chi connectivity index (χ3n) is 3.49. The summed E-state index contributed by atoms with van der Waals surface area (Å²) in [5, 5.41) is 2.25. The van der Waals surface area contributed by atoms with E-state index in [1.165, 1.54) is 6.08 Å². The zero-order chi connectivity index (χ0) is 14.3. The second-order valence-corrected chi connectivity index (χ2v) is 5.17. The van der Waals surface area contributed by atoms with Gasteiger partial charge in [-0.25, -0.2) is 0 Å². The number of ketones is 2. The maximum Gasteiger partial charge on any atom is 0.227 e. The van der Waals surface area contributed by atoms with Gasteiger partial charge in [-0.3, -0.25) is 9.59 Å². The van der Waals surface area contributed by atoms with Gasteiger partial charge < -0.3 is 19.9 Å². The van der Waals surface area contributed by atoms with Gasteiger partial charge in [0.05, 0.1) is 5.70 Å². The largest absolute Gasteiger partial charge is 0.369 e. The Labute approximate surface area is 119 Å². The fourth-order valence-corrected chi connectivity index (χ4v) is 2.28. The molecule has 0 aromatic rings. The lowest BCUT2D eigenvalue weighted by atomic mass is 10.0. The number of carbonyl (C=O) groups is 2.